The Balaban J connectivity index is 1.91. The molecule has 1 fully saturated rings. The van der Waals surface area contributed by atoms with Crippen molar-refractivity contribution in [1.29, 1.82) is 0 Å². The van der Waals surface area contributed by atoms with Crippen LogP contribution in [0.4, 0.5) is 0 Å². The fourth-order valence-electron chi connectivity index (χ4n) is 2.30. The van der Waals surface area contributed by atoms with Gasteiger partial charge in [0.1, 0.15) is 5.75 Å². The van der Waals surface area contributed by atoms with Crippen molar-refractivity contribution in [2.45, 2.75) is 39.2 Å². The average molecular weight is 204 g/mol. The minimum Gasteiger partial charge on any atom is -0.490 e. The first-order valence-corrected chi connectivity index (χ1v) is 5.97. The molecule has 1 aromatic rings. The van der Waals surface area contributed by atoms with Gasteiger partial charge in [-0.05, 0) is 43.2 Å². The fourth-order valence-corrected chi connectivity index (χ4v) is 2.30. The molecule has 0 heterocycles. The summed E-state index contributed by atoms with van der Waals surface area (Å²) in [5, 5.41) is 0. The molecule has 1 nitrogen and oxygen atoms in total. The van der Waals surface area contributed by atoms with Crippen molar-refractivity contribution < 1.29 is 4.74 Å². The lowest BCUT2D eigenvalue weighted by atomic mass is 9.80. The highest BCUT2D eigenvalue weighted by Crippen LogP contribution is 2.31. The highest BCUT2D eigenvalue weighted by molar-refractivity contribution is 5.21. The Bertz CT molecular complexity index is 293. The maximum absolute atomic E-state index is 5.97. The van der Waals surface area contributed by atoms with E-state index in [1.807, 2.05) is 30.3 Å². The maximum Gasteiger partial charge on any atom is 0.119 e. The molecule has 1 saturated carbocycles. The summed E-state index contributed by atoms with van der Waals surface area (Å²) < 4.78 is 5.97. The van der Waals surface area contributed by atoms with Gasteiger partial charge in [0.05, 0.1) is 6.10 Å². The second kappa shape index (κ2) is 4.69. The van der Waals surface area contributed by atoms with E-state index < -0.39 is 0 Å². The topological polar surface area (TPSA) is 9.23 Å². The van der Waals surface area contributed by atoms with Crippen molar-refractivity contribution >= 4 is 0 Å². The summed E-state index contributed by atoms with van der Waals surface area (Å²) in [5.74, 6) is 2.68. The Morgan fingerprint density at radius 3 is 2.40 bits per heavy atom. The zero-order valence-electron chi connectivity index (χ0n) is 9.65. The Morgan fingerprint density at radius 1 is 1.00 bits per heavy atom. The van der Waals surface area contributed by atoms with Gasteiger partial charge in [-0.1, -0.05) is 32.0 Å². The molecule has 1 aliphatic carbocycles. The van der Waals surface area contributed by atoms with Gasteiger partial charge in [-0.3, -0.25) is 0 Å². The van der Waals surface area contributed by atoms with E-state index in [1.165, 1.54) is 19.3 Å². The predicted molar refractivity (Wildman–Crippen MR) is 63.0 cm³/mol. The number of hydrogen-bond acceptors (Lipinski definition) is 1. The zero-order chi connectivity index (χ0) is 10.7. The van der Waals surface area contributed by atoms with E-state index in [0.29, 0.717) is 6.10 Å². The molecule has 3 unspecified atom stereocenters. The smallest absolute Gasteiger partial charge is 0.119 e. The summed E-state index contributed by atoms with van der Waals surface area (Å²) >= 11 is 0. The monoisotopic (exact) mass is 204 g/mol. The summed E-state index contributed by atoms with van der Waals surface area (Å²) in [6.07, 6.45) is 4.15. The van der Waals surface area contributed by atoms with Crippen LogP contribution in [0, 0.1) is 11.8 Å². The van der Waals surface area contributed by atoms with Gasteiger partial charge in [0, 0.05) is 0 Å². The molecule has 0 aromatic heterocycles. The highest BCUT2D eigenvalue weighted by Gasteiger charge is 2.25. The van der Waals surface area contributed by atoms with Crippen LogP contribution in [0.15, 0.2) is 30.3 Å². The van der Waals surface area contributed by atoms with Crippen LogP contribution in [-0.2, 0) is 0 Å². The number of hydrogen-bond donors (Lipinski definition) is 0. The third-order valence-corrected chi connectivity index (χ3v) is 3.60. The van der Waals surface area contributed by atoms with Crippen molar-refractivity contribution in [3.63, 3.8) is 0 Å². The van der Waals surface area contributed by atoms with Gasteiger partial charge in [0.25, 0.3) is 0 Å². The average Bonchev–Trinajstić information content (AvgIpc) is 2.25. The molecule has 2 rings (SSSR count). The number of ether oxygens (including phenoxy) is 1. The molecule has 3 atom stereocenters. The van der Waals surface area contributed by atoms with E-state index in [1.54, 1.807) is 0 Å². The lowest BCUT2D eigenvalue weighted by molar-refractivity contribution is 0.101. The van der Waals surface area contributed by atoms with Crippen molar-refractivity contribution in [3.8, 4) is 5.75 Å². The van der Waals surface area contributed by atoms with Crippen LogP contribution in [0.25, 0.3) is 0 Å². The highest BCUT2D eigenvalue weighted by atomic mass is 16.5. The van der Waals surface area contributed by atoms with E-state index in [9.17, 15) is 0 Å². The van der Waals surface area contributed by atoms with Crippen LogP contribution in [0.3, 0.4) is 0 Å². The van der Waals surface area contributed by atoms with Crippen LogP contribution in [0.5, 0.6) is 5.75 Å². The maximum atomic E-state index is 5.97. The normalized spacial score (nSPS) is 31.2. The SMILES string of the molecule is CC1CCC(Oc2ccccc2)CC1C. The lowest BCUT2D eigenvalue weighted by Crippen LogP contribution is -2.28. The van der Waals surface area contributed by atoms with Gasteiger partial charge >= 0.3 is 0 Å². The Hall–Kier alpha value is -0.980. The number of para-hydroxylation sites is 1. The van der Waals surface area contributed by atoms with Crippen LogP contribution >= 0.6 is 0 Å². The summed E-state index contributed by atoms with van der Waals surface area (Å²) in [7, 11) is 0. The van der Waals surface area contributed by atoms with Gasteiger partial charge in [0.15, 0.2) is 0 Å². The van der Waals surface area contributed by atoms with E-state index in [-0.39, 0.29) is 0 Å². The standard InChI is InChI=1S/C14H20O/c1-11-8-9-14(10-12(11)2)15-13-6-4-3-5-7-13/h3-7,11-12,14H,8-10H2,1-2H3. The van der Waals surface area contributed by atoms with Crippen LogP contribution in [0.2, 0.25) is 0 Å². The first-order valence-electron chi connectivity index (χ1n) is 5.97. The van der Waals surface area contributed by atoms with Crippen LogP contribution in [-0.4, -0.2) is 6.10 Å². The molecule has 0 bridgehead atoms. The molecule has 1 aromatic carbocycles. The molecule has 0 amide bonds. The molecule has 82 valence electrons. The van der Waals surface area contributed by atoms with Crippen molar-refractivity contribution in [2.75, 3.05) is 0 Å². The molecular formula is C14H20O. The Labute approximate surface area is 92.5 Å². The van der Waals surface area contributed by atoms with Gasteiger partial charge in [-0.15, -0.1) is 0 Å². The fraction of sp³-hybridized carbons (Fsp3) is 0.571. The third-order valence-electron chi connectivity index (χ3n) is 3.60. The van der Waals surface area contributed by atoms with Crippen LogP contribution in [0.1, 0.15) is 33.1 Å². The molecule has 0 radical (unpaired) electrons. The van der Waals surface area contributed by atoms with Gasteiger partial charge in [-0.2, -0.15) is 0 Å². The molecule has 0 N–H and O–H groups in total. The van der Waals surface area contributed by atoms with E-state index in [2.05, 4.69) is 13.8 Å². The molecule has 15 heavy (non-hydrogen) atoms. The lowest BCUT2D eigenvalue weighted by Gasteiger charge is -2.32. The minimum absolute atomic E-state index is 0.429. The minimum atomic E-state index is 0.429. The molecule has 1 heteroatoms. The van der Waals surface area contributed by atoms with Crippen molar-refractivity contribution in [2.24, 2.45) is 11.8 Å². The molecule has 0 saturated heterocycles. The molecule has 1 aliphatic rings. The number of rotatable bonds is 2. The molecule has 0 spiro atoms. The number of benzene rings is 1. The van der Waals surface area contributed by atoms with Crippen molar-refractivity contribution in [1.82, 2.24) is 0 Å². The van der Waals surface area contributed by atoms with Crippen molar-refractivity contribution in [3.05, 3.63) is 30.3 Å². The summed E-state index contributed by atoms with van der Waals surface area (Å²) in [6.45, 7) is 4.69. The quantitative estimate of drug-likeness (QED) is 0.710. The summed E-state index contributed by atoms with van der Waals surface area (Å²) in [4.78, 5) is 0. The largest absolute Gasteiger partial charge is 0.490 e. The first kappa shape index (κ1) is 10.5. The van der Waals surface area contributed by atoms with Gasteiger partial charge < -0.3 is 4.74 Å². The molecule has 0 aliphatic heterocycles. The second-order valence-corrected chi connectivity index (χ2v) is 4.82. The molecular weight excluding hydrogens is 184 g/mol. The van der Waals surface area contributed by atoms with E-state index in [0.717, 1.165) is 17.6 Å². The first-order chi connectivity index (χ1) is 7.25. The van der Waals surface area contributed by atoms with E-state index in [4.69, 9.17) is 4.74 Å². The van der Waals surface area contributed by atoms with E-state index >= 15 is 0 Å². The Kier molecular flexibility index (Phi) is 3.30. The zero-order valence-corrected chi connectivity index (χ0v) is 9.65. The summed E-state index contributed by atoms with van der Waals surface area (Å²) in [6, 6.07) is 10.2. The van der Waals surface area contributed by atoms with Gasteiger partial charge in [0.2, 0.25) is 0 Å². The second-order valence-electron chi connectivity index (χ2n) is 4.82. The third kappa shape index (κ3) is 2.74. The predicted octanol–water partition coefficient (Wildman–Crippen LogP) is 3.89. The van der Waals surface area contributed by atoms with Gasteiger partial charge in [-0.25, -0.2) is 0 Å². The van der Waals surface area contributed by atoms with Crippen LogP contribution < -0.4 is 4.74 Å². The Morgan fingerprint density at radius 2 is 1.73 bits per heavy atom. The summed E-state index contributed by atoms with van der Waals surface area (Å²) in [5.41, 5.74) is 0.